The minimum absolute atomic E-state index is 0.602. The van der Waals surface area contributed by atoms with E-state index in [-0.39, 0.29) is 0 Å². The minimum atomic E-state index is -2.65. The third-order valence-electron chi connectivity index (χ3n) is 6.02. The maximum Gasteiger partial charge on any atom is 0.701 e. The van der Waals surface area contributed by atoms with E-state index in [1.54, 1.807) is 0 Å². The zero-order valence-corrected chi connectivity index (χ0v) is 22.6. The molecule has 0 saturated carbocycles. The Morgan fingerprint density at radius 1 is 0.700 bits per heavy atom. The lowest BCUT2D eigenvalue weighted by molar-refractivity contribution is -0.121. The smallest absolute Gasteiger partial charge is 0.316 e. The number of hydrogen-bond donors (Lipinski definition) is 1. The van der Waals surface area contributed by atoms with Crippen molar-refractivity contribution in [1.29, 1.82) is 0 Å². The van der Waals surface area contributed by atoms with E-state index in [0.717, 1.165) is 12.8 Å². The fraction of sp³-hybridized carbons (Fsp3) is 1.00. The molecule has 0 aromatic carbocycles. The highest BCUT2D eigenvalue weighted by Crippen LogP contribution is 2.64. The van der Waals surface area contributed by atoms with Crippen LogP contribution in [0.1, 0.15) is 123 Å². The van der Waals surface area contributed by atoms with E-state index in [2.05, 4.69) is 26.9 Å². The SMILES string of the molecule is CCCCCCCCCCCCCCCCCCOC(CC)(O[P+](=O)O)[P+](C)(C)C. The Labute approximate surface area is 189 Å². The molecule has 180 valence electrons. The van der Waals surface area contributed by atoms with Crippen molar-refractivity contribution in [2.45, 2.75) is 129 Å². The van der Waals surface area contributed by atoms with Crippen molar-refractivity contribution in [1.82, 2.24) is 0 Å². The summed E-state index contributed by atoms with van der Waals surface area (Å²) in [6, 6.07) is 0. The fourth-order valence-electron chi connectivity index (χ4n) is 3.99. The van der Waals surface area contributed by atoms with Crippen molar-refractivity contribution in [3.63, 3.8) is 0 Å². The zero-order chi connectivity index (χ0) is 22.7. The molecule has 0 aliphatic rings. The zero-order valence-electron chi connectivity index (χ0n) is 20.8. The molecule has 2 atom stereocenters. The van der Waals surface area contributed by atoms with Gasteiger partial charge in [-0.05, 0) is 10.9 Å². The fourth-order valence-corrected chi connectivity index (χ4v) is 7.03. The van der Waals surface area contributed by atoms with Gasteiger partial charge >= 0.3 is 13.8 Å². The summed E-state index contributed by atoms with van der Waals surface area (Å²) < 4.78 is 22.7. The summed E-state index contributed by atoms with van der Waals surface area (Å²) in [5, 5.41) is 0. The van der Waals surface area contributed by atoms with Crippen LogP contribution in [-0.4, -0.2) is 37.0 Å². The second-order valence-corrected chi connectivity index (χ2v) is 14.9. The van der Waals surface area contributed by atoms with Crippen LogP contribution in [-0.2, 0) is 13.8 Å². The molecule has 0 rings (SSSR count). The molecule has 0 aromatic rings. The highest BCUT2D eigenvalue weighted by Gasteiger charge is 2.56. The highest BCUT2D eigenvalue weighted by atomic mass is 31.2. The van der Waals surface area contributed by atoms with E-state index < -0.39 is 21.0 Å². The third kappa shape index (κ3) is 15.3. The van der Waals surface area contributed by atoms with Crippen LogP contribution in [0.4, 0.5) is 0 Å². The molecule has 1 N–H and O–H groups in total. The average Bonchev–Trinajstić information content (AvgIpc) is 2.68. The van der Waals surface area contributed by atoms with Crippen molar-refractivity contribution in [2.24, 2.45) is 0 Å². The summed E-state index contributed by atoms with van der Waals surface area (Å²) in [7, 11) is -4.24. The van der Waals surface area contributed by atoms with Gasteiger partial charge in [-0.2, -0.15) is 0 Å². The Bertz CT molecular complexity index is 413. The van der Waals surface area contributed by atoms with Crippen molar-refractivity contribution >= 4 is 15.5 Å². The first-order valence-electron chi connectivity index (χ1n) is 12.6. The number of unbranched alkanes of at least 4 members (excludes halogenated alkanes) is 15. The molecule has 0 heterocycles. The Morgan fingerprint density at radius 3 is 1.37 bits per heavy atom. The van der Waals surface area contributed by atoms with E-state index in [0.29, 0.717) is 13.0 Å². The normalized spacial score (nSPS) is 14.7. The van der Waals surface area contributed by atoms with Crippen LogP contribution in [0, 0.1) is 0 Å². The lowest BCUT2D eigenvalue weighted by Crippen LogP contribution is -2.35. The molecule has 0 aliphatic heterocycles. The Balaban J connectivity index is 3.59. The first kappa shape index (κ1) is 30.4. The van der Waals surface area contributed by atoms with Gasteiger partial charge in [-0.25, -0.2) is 0 Å². The van der Waals surface area contributed by atoms with Crippen LogP contribution in [0.25, 0.3) is 0 Å². The monoisotopic (exact) mass is 466 g/mol. The molecule has 0 fully saturated rings. The molecule has 0 aromatic heterocycles. The lowest BCUT2D eigenvalue weighted by Gasteiger charge is -2.32. The summed E-state index contributed by atoms with van der Waals surface area (Å²) in [5.41, 5.74) is -0.884. The van der Waals surface area contributed by atoms with E-state index in [4.69, 9.17) is 9.26 Å². The van der Waals surface area contributed by atoms with Crippen LogP contribution in [0.15, 0.2) is 0 Å². The maximum absolute atomic E-state index is 11.3. The molecule has 0 saturated heterocycles. The molecule has 6 heteroatoms. The molecule has 0 bridgehead atoms. The van der Waals surface area contributed by atoms with Crippen LogP contribution in [0.5, 0.6) is 0 Å². The first-order chi connectivity index (χ1) is 14.3. The predicted octanol–water partition coefficient (Wildman–Crippen LogP) is 8.90. The van der Waals surface area contributed by atoms with Gasteiger partial charge < -0.3 is 4.74 Å². The highest BCUT2D eigenvalue weighted by molar-refractivity contribution is 7.75. The van der Waals surface area contributed by atoms with Crippen molar-refractivity contribution in [3.05, 3.63) is 0 Å². The van der Waals surface area contributed by atoms with E-state index >= 15 is 0 Å². The van der Waals surface area contributed by atoms with Gasteiger partial charge in [0.25, 0.3) is 0 Å². The van der Waals surface area contributed by atoms with Crippen LogP contribution in [0.3, 0.4) is 0 Å². The Morgan fingerprint density at radius 2 is 1.07 bits per heavy atom. The van der Waals surface area contributed by atoms with Gasteiger partial charge in [0.15, 0.2) is 0 Å². The summed E-state index contributed by atoms with van der Waals surface area (Å²) in [4.78, 5) is 9.25. The van der Waals surface area contributed by atoms with Gasteiger partial charge in [0.05, 0.1) is 33.9 Å². The predicted molar refractivity (Wildman–Crippen MR) is 134 cm³/mol. The van der Waals surface area contributed by atoms with Gasteiger partial charge in [0.1, 0.15) is 0 Å². The van der Waals surface area contributed by atoms with E-state index in [9.17, 15) is 9.46 Å². The number of ether oxygens (including phenoxy) is 1. The van der Waals surface area contributed by atoms with Gasteiger partial charge in [0, 0.05) is 11.0 Å². The number of rotatable bonds is 22. The standard InChI is InChI=1S/C24H51O4P2/c1-6-8-9-10-11-12-13-14-15-16-17-18-19-20-21-22-23-27-24(7-2,28-29(25)26)30(3,4)5/h6-23H2,1-5H3/q+1/p+1. The van der Waals surface area contributed by atoms with Gasteiger partial charge in [-0.3, -0.25) is 0 Å². The van der Waals surface area contributed by atoms with E-state index in [1.165, 1.54) is 89.9 Å². The van der Waals surface area contributed by atoms with Gasteiger partial charge in [-0.15, -0.1) is 4.89 Å². The molecule has 4 nitrogen and oxygen atoms in total. The second-order valence-electron chi connectivity index (χ2n) is 9.56. The van der Waals surface area contributed by atoms with Crippen molar-refractivity contribution in [3.8, 4) is 0 Å². The summed E-state index contributed by atoms with van der Waals surface area (Å²) in [6.07, 6.45) is 22.2. The molecule has 0 amide bonds. The second kappa shape index (κ2) is 18.9. The lowest BCUT2D eigenvalue weighted by atomic mass is 10.0. The van der Waals surface area contributed by atoms with Crippen LogP contribution >= 0.6 is 15.5 Å². The summed E-state index contributed by atoms with van der Waals surface area (Å²) >= 11 is 0. The van der Waals surface area contributed by atoms with Crippen LogP contribution in [0.2, 0.25) is 0 Å². The summed E-state index contributed by atoms with van der Waals surface area (Å²) in [6.45, 7) is 11.2. The summed E-state index contributed by atoms with van der Waals surface area (Å²) in [5.74, 6) is 0. The first-order valence-corrected chi connectivity index (χ1v) is 16.9. The quantitative estimate of drug-likeness (QED) is 0.0983. The largest absolute Gasteiger partial charge is 0.701 e. The molecule has 0 aliphatic carbocycles. The maximum atomic E-state index is 11.3. The Kier molecular flexibility index (Phi) is 19.2. The molecular formula is C24H52O4P2+2. The molecule has 30 heavy (non-hydrogen) atoms. The van der Waals surface area contributed by atoms with Gasteiger partial charge in [0.2, 0.25) is 0 Å². The van der Waals surface area contributed by atoms with Gasteiger partial charge in [-0.1, -0.05) is 110 Å². The molecular weight excluding hydrogens is 414 g/mol. The van der Waals surface area contributed by atoms with Crippen molar-refractivity contribution in [2.75, 3.05) is 26.6 Å². The number of hydrogen-bond acceptors (Lipinski definition) is 3. The molecule has 2 unspecified atom stereocenters. The van der Waals surface area contributed by atoms with Crippen LogP contribution < -0.4 is 0 Å². The average molecular weight is 467 g/mol. The topological polar surface area (TPSA) is 55.8 Å². The minimum Gasteiger partial charge on any atom is -0.316 e. The molecule has 0 radical (unpaired) electrons. The van der Waals surface area contributed by atoms with E-state index in [1.807, 2.05) is 6.92 Å². The van der Waals surface area contributed by atoms with Crippen molar-refractivity contribution < 1.29 is 18.7 Å². The molecule has 0 spiro atoms. The third-order valence-corrected chi connectivity index (χ3v) is 9.19. The Hall–Kier alpha value is 0.410.